The molecule has 1 heterocycles. The van der Waals surface area contributed by atoms with Crippen LogP contribution in [0.2, 0.25) is 0 Å². The van der Waals surface area contributed by atoms with Crippen molar-refractivity contribution in [2.75, 3.05) is 0 Å². The number of hydrogen-bond donors (Lipinski definition) is 1. The molecule has 0 saturated carbocycles. The number of carbonyl (C=O) groups is 1. The van der Waals surface area contributed by atoms with Crippen LogP contribution in [0, 0.1) is 0 Å². The van der Waals surface area contributed by atoms with Crippen molar-refractivity contribution in [3.05, 3.63) is 42.5 Å². The molecule has 0 aliphatic carbocycles. The number of rotatable bonds is 8. The van der Waals surface area contributed by atoms with Gasteiger partial charge < -0.3 is 10.1 Å². The largest absolute Gasteiger partial charge is 0.491 e. The Bertz CT molecular complexity index is 623. The Morgan fingerprint density at radius 1 is 1.21 bits per heavy atom. The van der Waals surface area contributed by atoms with Gasteiger partial charge in [-0.25, -0.2) is 9.67 Å². The second-order valence-electron chi connectivity index (χ2n) is 6.31. The number of hydrogen-bond acceptors (Lipinski definition) is 4. The highest BCUT2D eigenvalue weighted by molar-refractivity contribution is 5.79. The third-order valence-electron chi connectivity index (χ3n) is 3.76. The van der Waals surface area contributed by atoms with Crippen molar-refractivity contribution in [2.45, 2.75) is 58.7 Å². The van der Waals surface area contributed by atoms with Gasteiger partial charge in [-0.05, 0) is 58.2 Å². The molecule has 0 saturated heterocycles. The minimum Gasteiger partial charge on any atom is -0.491 e. The molecule has 0 radical (unpaired) electrons. The van der Waals surface area contributed by atoms with Gasteiger partial charge in [-0.15, -0.1) is 0 Å². The van der Waals surface area contributed by atoms with Crippen LogP contribution >= 0.6 is 0 Å². The quantitative estimate of drug-likeness (QED) is 0.808. The number of carbonyl (C=O) groups excluding carboxylic acids is 1. The van der Waals surface area contributed by atoms with E-state index in [0.29, 0.717) is 0 Å². The molecule has 0 aliphatic rings. The van der Waals surface area contributed by atoms with Crippen LogP contribution in [0.3, 0.4) is 0 Å². The Morgan fingerprint density at radius 3 is 2.50 bits per heavy atom. The van der Waals surface area contributed by atoms with Crippen molar-refractivity contribution in [3.8, 4) is 5.75 Å². The molecule has 2 aromatic rings. The summed E-state index contributed by atoms with van der Waals surface area (Å²) in [6, 6.07) is 7.86. The molecule has 6 heteroatoms. The van der Waals surface area contributed by atoms with Gasteiger partial charge in [-0.2, -0.15) is 5.10 Å². The Hall–Kier alpha value is -2.37. The fraction of sp³-hybridized carbons (Fsp3) is 0.500. The highest BCUT2D eigenvalue weighted by Gasteiger charge is 2.17. The molecule has 0 spiro atoms. The monoisotopic (exact) mass is 330 g/mol. The first-order valence-electron chi connectivity index (χ1n) is 8.35. The number of aryl methyl sites for hydroxylation is 1. The lowest BCUT2D eigenvalue weighted by Crippen LogP contribution is -2.37. The van der Waals surface area contributed by atoms with E-state index in [0.717, 1.165) is 18.6 Å². The van der Waals surface area contributed by atoms with Crippen LogP contribution in [0.4, 0.5) is 0 Å². The lowest BCUT2D eigenvalue weighted by Gasteiger charge is -2.17. The van der Waals surface area contributed by atoms with Crippen LogP contribution in [-0.2, 0) is 11.2 Å². The molecule has 6 nitrogen and oxygen atoms in total. The van der Waals surface area contributed by atoms with E-state index in [1.165, 1.54) is 11.9 Å². The van der Waals surface area contributed by atoms with E-state index in [1.54, 1.807) is 11.0 Å². The maximum absolute atomic E-state index is 12.2. The maximum atomic E-state index is 12.2. The highest BCUT2D eigenvalue weighted by Crippen LogP contribution is 2.15. The van der Waals surface area contributed by atoms with E-state index >= 15 is 0 Å². The molecule has 2 atom stereocenters. The van der Waals surface area contributed by atoms with Crippen LogP contribution < -0.4 is 10.1 Å². The molecular formula is C18H26N4O2. The predicted octanol–water partition coefficient (Wildman–Crippen LogP) is 2.76. The van der Waals surface area contributed by atoms with Crippen molar-refractivity contribution < 1.29 is 9.53 Å². The van der Waals surface area contributed by atoms with E-state index < -0.39 is 0 Å². The lowest BCUT2D eigenvalue weighted by molar-refractivity contribution is -0.124. The van der Waals surface area contributed by atoms with E-state index in [-0.39, 0.29) is 24.1 Å². The minimum atomic E-state index is -0.359. The number of ether oxygens (including phenoxy) is 1. The van der Waals surface area contributed by atoms with Gasteiger partial charge in [0.2, 0.25) is 5.91 Å². The molecule has 2 rings (SSSR count). The first kappa shape index (κ1) is 18.0. The first-order valence-corrected chi connectivity index (χ1v) is 8.35. The molecule has 0 bridgehead atoms. The van der Waals surface area contributed by atoms with Gasteiger partial charge in [0.1, 0.15) is 24.4 Å². The summed E-state index contributed by atoms with van der Waals surface area (Å²) in [5, 5.41) is 7.02. The van der Waals surface area contributed by atoms with E-state index in [1.807, 2.05) is 39.8 Å². The average Bonchev–Trinajstić information content (AvgIpc) is 3.07. The highest BCUT2D eigenvalue weighted by atomic mass is 16.5. The van der Waals surface area contributed by atoms with Crippen LogP contribution in [0.25, 0.3) is 0 Å². The van der Waals surface area contributed by atoms with Crippen molar-refractivity contribution in [3.63, 3.8) is 0 Å². The van der Waals surface area contributed by atoms with Gasteiger partial charge in [0.15, 0.2) is 0 Å². The smallest absolute Gasteiger partial charge is 0.244 e. The van der Waals surface area contributed by atoms with E-state index in [4.69, 9.17) is 4.74 Å². The predicted molar refractivity (Wildman–Crippen MR) is 92.9 cm³/mol. The summed E-state index contributed by atoms with van der Waals surface area (Å²) < 4.78 is 7.19. The average molecular weight is 330 g/mol. The second-order valence-corrected chi connectivity index (χ2v) is 6.31. The summed E-state index contributed by atoms with van der Waals surface area (Å²) >= 11 is 0. The molecule has 0 unspecified atom stereocenters. The second kappa shape index (κ2) is 8.47. The zero-order chi connectivity index (χ0) is 17.5. The summed E-state index contributed by atoms with van der Waals surface area (Å²) in [7, 11) is 0. The topological polar surface area (TPSA) is 69.0 Å². The van der Waals surface area contributed by atoms with Crippen molar-refractivity contribution in [2.24, 2.45) is 0 Å². The number of nitrogens with zero attached hydrogens (tertiary/aromatic N) is 3. The van der Waals surface area contributed by atoms with Crippen molar-refractivity contribution in [1.29, 1.82) is 0 Å². The van der Waals surface area contributed by atoms with Gasteiger partial charge in [0, 0.05) is 6.04 Å². The van der Waals surface area contributed by atoms with Gasteiger partial charge in [-0.3, -0.25) is 4.79 Å². The summed E-state index contributed by atoms with van der Waals surface area (Å²) in [5.74, 6) is 0.838. The fourth-order valence-corrected chi connectivity index (χ4v) is 2.36. The molecule has 0 fully saturated rings. The third-order valence-corrected chi connectivity index (χ3v) is 3.76. The molecule has 0 aliphatic heterocycles. The van der Waals surface area contributed by atoms with Crippen molar-refractivity contribution in [1.82, 2.24) is 20.1 Å². The summed E-state index contributed by atoms with van der Waals surface area (Å²) in [6.45, 7) is 7.85. The Morgan fingerprint density at radius 2 is 1.92 bits per heavy atom. The summed E-state index contributed by atoms with van der Waals surface area (Å²) in [5.41, 5.74) is 1.23. The zero-order valence-corrected chi connectivity index (χ0v) is 14.8. The summed E-state index contributed by atoms with van der Waals surface area (Å²) in [6.07, 6.45) is 4.94. The standard InChI is InChI=1S/C18H26N4O2/c1-13(2)24-17-9-7-16(8-10-17)6-5-14(3)21-18(23)15(4)22-12-19-11-20-22/h7-15H,5-6H2,1-4H3,(H,21,23)/t14-,15+/m1/s1. The Balaban J connectivity index is 1.78. The normalized spacial score (nSPS) is 13.5. The number of aromatic nitrogens is 3. The van der Waals surface area contributed by atoms with Crippen molar-refractivity contribution >= 4 is 5.91 Å². The Labute approximate surface area is 143 Å². The molecule has 1 N–H and O–H groups in total. The first-order chi connectivity index (χ1) is 11.5. The molecule has 24 heavy (non-hydrogen) atoms. The number of benzene rings is 1. The lowest BCUT2D eigenvalue weighted by atomic mass is 10.1. The van der Waals surface area contributed by atoms with Crippen LogP contribution in [0.1, 0.15) is 45.7 Å². The van der Waals surface area contributed by atoms with E-state index in [2.05, 4.69) is 27.5 Å². The van der Waals surface area contributed by atoms with Gasteiger partial charge in [0.25, 0.3) is 0 Å². The van der Waals surface area contributed by atoms with Gasteiger partial charge in [-0.1, -0.05) is 12.1 Å². The van der Waals surface area contributed by atoms with Gasteiger partial charge >= 0.3 is 0 Å². The molecule has 1 aromatic heterocycles. The molecule has 130 valence electrons. The zero-order valence-electron chi connectivity index (χ0n) is 14.8. The minimum absolute atomic E-state index is 0.0475. The number of amides is 1. The van der Waals surface area contributed by atoms with Gasteiger partial charge in [0.05, 0.1) is 6.10 Å². The Kier molecular flexibility index (Phi) is 6.35. The van der Waals surface area contributed by atoms with Crippen LogP contribution in [-0.4, -0.2) is 32.8 Å². The SMILES string of the molecule is CC(C)Oc1ccc(CC[C@@H](C)NC(=O)[C@H](C)n2cncn2)cc1. The molecule has 1 aromatic carbocycles. The molecular weight excluding hydrogens is 304 g/mol. The van der Waals surface area contributed by atoms with Crippen LogP contribution in [0.15, 0.2) is 36.9 Å². The fourth-order valence-electron chi connectivity index (χ4n) is 2.36. The van der Waals surface area contributed by atoms with E-state index in [9.17, 15) is 4.79 Å². The summed E-state index contributed by atoms with van der Waals surface area (Å²) in [4.78, 5) is 16.1. The maximum Gasteiger partial charge on any atom is 0.244 e. The molecule has 1 amide bonds. The van der Waals surface area contributed by atoms with Crippen LogP contribution in [0.5, 0.6) is 5.75 Å². The number of nitrogens with one attached hydrogen (secondary N) is 1. The third kappa shape index (κ3) is 5.37.